The molecule has 0 spiro atoms. The average Bonchev–Trinajstić information content (AvgIpc) is 3.29. The van der Waals surface area contributed by atoms with Crippen LogP contribution in [0.4, 0.5) is 0 Å². The highest BCUT2D eigenvalue weighted by Gasteiger charge is 2.54. The van der Waals surface area contributed by atoms with E-state index < -0.39 is 26.3 Å². The zero-order valence-electron chi connectivity index (χ0n) is 12.7. The van der Waals surface area contributed by atoms with E-state index in [0.717, 1.165) is 4.57 Å². The number of carboxylic acid groups (broad SMARTS) is 1. The Morgan fingerprint density at radius 1 is 1.50 bits per heavy atom. The van der Waals surface area contributed by atoms with E-state index in [1.165, 1.54) is 19.3 Å². The highest BCUT2D eigenvalue weighted by Crippen LogP contribution is 2.42. The van der Waals surface area contributed by atoms with Crippen LogP contribution in [0.5, 0.6) is 5.88 Å². The maximum atomic E-state index is 12.1. The van der Waals surface area contributed by atoms with Gasteiger partial charge in [0.25, 0.3) is 5.56 Å². The third-order valence-electron chi connectivity index (χ3n) is 4.21. The second-order valence-corrected chi connectivity index (χ2v) is 7.75. The molecular formula is C14H15N3O6S. The van der Waals surface area contributed by atoms with Gasteiger partial charge in [0.2, 0.25) is 15.9 Å². The van der Waals surface area contributed by atoms with Gasteiger partial charge in [-0.15, -0.1) is 0 Å². The fraction of sp³-hybridized carbons (Fsp3) is 0.357. The Bertz CT molecular complexity index is 1010. The van der Waals surface area contributed by atoms with Gasteiger partial charge in [0.15, 0.2) is 0 Å². The predicted octanol–water partition coefficient (Wildman–Crippen LogP) is -0.168. The Morgan fingerprint density at radius 2 is 2.17 bits per heavy atom. The molecule has 9 nitrogen and oxygen atoms in total. The minimum absolute atomic E-state index is 0.0546. The quantitative estimate of drug-likeness (QED) is 0.760. The maximum Gasteiger partial charge on any atom is 0.341 e. The molecule has 3 rings (SSSR count). The number of hydrogen-bond donors (Lipinski definition) is 2. The number of carbonyl (C=O) groups is 1. The number of nitrogens with zero attached hydrogens (tertiary/aromatic N) is 2. The Morgan fingerprint density at radius 3 is 2.71 bits per heavy atom. The van der Waals surface area contributed by atoms with E-state index in [2.05, 4.69) is 4.98 Å². The van der Waals surface area contributed by atoms with Gasteiger partial charge in [-0.25, -0.2) is 23.3 Å². The summed E-state index contributed by atoms with van der Waals surface area (Å²) in [4.78, 5) is 27.3. The lowest BCUT2D eigenvalue weighted by molar-refractivity contribution is 0.0694. The first kappa shape index (κ1) is 16.4. The topological polar surface area (TPSA) is 142 Å². The van der Waals surface area contributed by atoms with Crippen molar-refractivity contribution in [2.45, 2.75) is 17.6 Å². The van der Waals surface area contributed by atoms with Gasteiger partial charge in [0.05, 0.1) is 0 Å². The lowest BCUT2D eigenvalue weighted by Crippen LogP contribution is -2.36. The lowest BCUT2D eigenvalue weighted by atomic mass is 10.2. The predicted molar refractivity (Wildman–Crippen MR) is 84.5 cm³/mol. The summed E-state index contributed by atoms with van der Waals surface area (Å²) in [5, 5.41) is 14.7. The maximum absolute atomic E-state index is 12.1. The van der Waals surface area contributed by atoms with Crippen molar-refractivity contribution in [2.24, 2.45) is 12.2 Å². The normalized spacial score (nSPS) is 16.1. The van der Waals surface area contributed by atoms with Crippen LogP contribution in [0.15, 0.2) is 23.1 Å². The van der Waals surface area contributed by atoms with E-state index in [-0.39, 0.29) is 23.6 Å². The largest absolute Gasteiger partial charge is 0.477 e. The van der Waals surface area contributed by atoms with Crippen LogP contribution < -0.4 is 15.4 Å². The molecule has 24 heavy (non-hydrogen) atoms. The van der Waals surface area contributed by atoms with Gasteiger partial charge >= 0.3 is 5.97 Å². The standard InChI is InChI=1S/C14H15N3O6S/c1-17-10-8(6-9(12(17)18)13(19)20)2-5-16-11(10)23-7-14(3-4-14)24(15,21)22/h2,5-6H,3-4,7H2,1H3,(H,19,20)(H2,15,21,22). The second kappa shape index (κ2) is 5.28. The first-order valence-corrected chi connectivity index (χ1v) is 8.58. The second-order valence-electron chi connectivity index (χ2n) is 5.80. The average molecular weight is 353 g/mol. The number of primary sulfonamides is 1. The molecule has 0 aromatic carbocycles. The fourth-order valence-corrected chi connectivity index (χ4v) is 3.41. The molecule has 0 unspecified atom stereocenters. The number of pyridine rings is 2. The van der Waals surface area contributed by atoms with Crippen molar-refractivity contribution in [1.29, 1.82) is 0 Å². The number of nitrogens with two attached hydrogens (primary N) is 1. The molecule has 128 valence electrons. The summed E-state index contributed by atoms with van der Waals surface area (Å²) < 4.78 is 28.7. The van der Waals surface area contributed by atoms with Crippen molar-refractivity contribution < 1.29 is 23.1 Å². The summed E-state index contributed by atoms with van der Waals surface area (Å²) >= 11 is 0. The number of aromatic nitrogens is 2. The molecule has 0 aliphatic heterocycles. The van der Waals surface area contributed by atoms with Crippen molar-refractivity contribution in [3.8, 4) is 5.88 Å². The first-order chi connectivity index (χ1) is 11.2. The fourth-order valence-electron chi connectivity index (χ4n) is 2.51. The molecule has 2 heterocycles. The molecule has 10 heteroatoms. The summed E-state index contributed by atoms with van der Waals surface area (Å²) in [6.45, 7) is -0.174. The van der Waals surface area contributed by atoms with Gasteiger partial charge in [-0.1, -0.05) is 0 Å². The van der Waals surface area contributed by atoms with Crippen LogP contribution in [0.1, 0.15) is 23.2 Å². The molecule has 0 saturated heterocycles. The molecule has 1 fully saturated rings. The van der Waals surface area contributed by atoms with E-state index in [1.807, 2.05) is 0 Å². The van der Waals surface area contributed by atoms with E-state index in [4.69, 9.17) is 15.0 Å². The minimum Gasteiger partial charge on any atom is -0.477 e. The molecule has 3 N–H and O–H groups in total. The molecule has 1 aliphatic rings. The van der Waals surface area contributed by atoms with Gasteiger partial charge in [-0.2, -0.15) is 0 Å². The van der Waals surface area contributed by atoms with Gasteiger partial charge in [0, 0.05) is 18.6 Å². The Hall–Kier alpha value is -2.46. The van der Waals surface area contributed by atoms with Crippen LogP contribution in [0.25, 0.3) is 10.9 Å². The van der Waals surface area contributed by atoms with Crippen LogP contribution >= 0.6 is 0 Å². The monoisotopic (exact) mass is 353 g/mol. The third kappa shape index (κ3) is 2.53. The van der Waals surface area contributed by atoms with E-state index in [9.17, 15) is 18.0 Å². The van der Waals surface area contributed by atoms with Crippen LogP contribution in [-0.4, -0.2) is 40.4 Å². The molecule has 2 aromatic heterocycles. The van der Waals surface area contributed by atoms with E-state index in [1.54, 1.807) is 6.07 Å². The zero-order chi connectivity index (χ0) is 17.7. The van der Waals surface area contributed by atoms with Crippen molar-refractivity contribution >= 4 is 26.9 Å². The smallest absolute Gasteiger partial charge is 0.341 e. The molecule has 0 bridgehead atoms. The third-order valence-corrected chi connectivity index (χ3v) is 5.94. The number of hydrogen-bond acceptors (Lipinski definition) is 6. The first-order valence-electron chi connectivity index (χ1n) is 7.03. The van der Waals surface area contributed by atoms with Crippen molar-refractivity contribution in [2.75, 3.05) is 6.61 Å². The SMILES string of the molecule is Cn1c(=O)c(C(=O)O)cc2ccnc(OCC3(S(N)(=O)=O)CC3)c21. The van der Waals surface area contributed by atoms with Gasteiger partial charge in [-0.3, -0.25) is 4.79 Å². The minimum atomic E-state index is -3.75. The van der Waals surface area contributed by atoms with Crippen LogP contribution in [-0.2, 0) is 17.1 Å². The van der Waals surface area contributed by atoms with E-state index >= 15 is 0 Å². The van der Waals surface area contributed by atoms with E-state index in [0.29, 0.717) is 18.2 Å². The Labute approximate surface area is 136 Å². The van der Waals surface area contributed by atoms with Crippen LogP contribution in [0, 0.1) is 0 Å². The summed E-state index contributed by atoms with van der Waals surface area (Å²) in [6, 6.07) is 2.78. The molecule has 0 radical (unpaired) electrons. The number of fused-ring (bicyclic) bond motifs is 1. The number of rotatable bonds is 5. The molecular weight excluding hydrogens is 338 g/mol. The Kier molecular flexibility index (Phi) is 3.61. The lowest BCUT2D eigenvalue weighted by Gasteiger charge is -2.16. The Balaban J connectivity index is 2.06. The highest BCUT2D eigenvalue weighted by atomic mass is 32.2. The number of aromatic carboxylic acids is 1. The number of carboxylic acids is 1. The summed E-state index contributed by atoms with van der Waals surface area (Å²) in [5.41, 5.74) is -0.788. The molecule has 1 saturated carbocycles. The van der Waals surface area contributed by atoms with Crippen molar-refractivity contribution in [1.82, 2.24) is 9.55 Å². The summed E-state index contributed by atoms with van der Waals surface area (Å²) in [7, 11) is -2.35. The molecule has 1 aliphatic carbocycles. The highest BCUT2D eigenvalue weighted by molar-refractivity contribution is 7.90. The van der Waals surface area contributed by atoms with Gasteiger partial charge < -0.3 is 14.4 Å². The van der Waals surface area contributed by atoms with Gasteiger partial charge in [0.1, 0.15) is 22.4 Å². The number of ether oxygens (including phenoxy) is 1. The van der Waals surface area contributed by atoms with Gasteiger partial charge in [-0.05, 0) is 25.0 Å². The molecule has 0 atom stereocenters. The molecule has 0 amide bonds. The molecule has 2 aromatic rings. The number of sulfonamides is 1. The number of aryl methyl sites for hydroxylation is 1. The van der Waals surface area contributed by atoms with Crippen molar-refractivity contribution in [3.63, 3.8) is 0 Å². The van der Waals surface area contributed by atoms with Crippen LogP contribution in [0.3, 0.4) is 0 Å². The van der Waals surface area contributed by atoms with Crippen molar-refractivity contribution in [3.05, 3.63) is 34.2 Å². The summed E-state index contributed by atoms with van der Waals surface area (Å²) in [6.07, 6.45) is 2.20. The summed E-state index contributed by atoms with van der Waals surface area (Å²) in [5.74, 6) is -1.28. The zero-order valence-corrected chi connectivity index (χ0v) is 13.5. The van der Waals surface area contributed by atoms with Crippen LogP contribution in [0.2, 0.25) is 0 Å².